The Hall–Kier alpha value is -1.15. The maximum atomic E-state index is 12.5. The van der Waals surface area contributed by atoms with Crippen molar-refractivity contribution in [3.63, 3.8) is 0 Å². The summed E-state index contributed by atoms with van der Waals surface area (Å²) in [6, 6.07) is 0. The van der Waals surface area contributed by atoms with Gasteiger partial charge in [0.1, 0.15) is 43.2 Å². The van der Waals surface area contributed by atoms with Crippen LogP contribution in [0.3, 0.4) is 0 Å². The third kappa shape index (κ3) is 15.2. The molecule has 242 valence electrons. The summed E-state index contributed by atoms with van der Waals surface area (Å²) in [5, 5.41) is 49.3. The summed E-state index contributed by atoms with van der Waals surface area (Å²) in [6.45, 7) is 2.91. The molecular weight excluding hydrogens is 563 g/mol. The molecule has 14 heteroatoms. The van der Waals surface area contributed by atoms with Crippen molar-refractivity contribution in [3.8, 4) is 0 Å². The Morgan fingerprint density at radius 3 is 1.66 bits per heavy atom. The molecule has 0 aromatic rings. The monoisotopic (exact) mass is 614 g/mol. The molecule has 0 heterocycles. The molecule has 0 amide bonds. The average Bonchev–Trinajstić information content (AvgIpc) is 2.94. The summed E-state index contributed by atoms with van der Waals surface area (Å²) >= 11 is 0. The van der Waals surface area contributed by atoms with Crippen LogP contribution in [0.15, 0.2) is 0 Å². The molecule has 0 aromatic carbocycles. The summed E-state index contributed by atoms with van der Waals surface area (Å²) in [7, 11) is -5.07. The fourth-order valence-corrected chi connectivity index (χ4v) is 5.35. The Balaban J connectivity index is 2.58. The van der Waals surface area contributed by atoms with E-state index < -0.39 is 75.7 Å². The molecule has 1 aliphatic carbocycles. The van der Waals surface area contributed by atoms with E-state index in [0.29, 0.717) is 12.8 Å². The van der Waals surface area contributed by atoms with Gasteiger partial charge < -0.3 is 39.9 Å². The average molecular weight is 615 g/mol. The first-order valence-corrected chi connectivity index (χ1v) is 16.3. The Labute approximate surface area is 242 Å². The molecule has 1 fully saturated rings. The number of hydrogen-bond donors (Lipinski definition) is 6. The van der Waals surface area contributed by atoms with E-state index in [1.807, 2.05) is 6.92 Å². The molecule has 1 aliphatic rings. The first kappa shape index (κ1) is 37.9. The molecule has 6 unspecified atom stereocenters. The van der Waals surface area contributed by atoms with Gasteiger partial charge in [0.15, 0.2) is 6.10 Å². The van der Waals surface area contributed by atoms with Crippen molar-refractivity contribution < 1.29 is 63.1 Å². The van der Waals surface area contributed by atoms with E-state index in [2.05, 4.69) is 6.92 Å². The van der Waals surface area contributed by atoms with Gasteiger partial charge in [0.25, 0.3) is 0 Å². The predicted octanol–water partition coefficient (Wildman–Crippen LogP) is 2.26. The zero-order chi connectivity index (χ0) is 30.8. The number of ether oxygens (including phenoxy) is 2. The summed E-state index contributed by atoms with van der Waals surface area (Å²) in [4.78, 5) is 34.5. The predicted molar refractivity (Wildman–Crippen MR) is 148 cm³/mol. The number of aliphatic hydroxyl groups is 5. The van der Waals surface area contributed by atoms with Gasteiger partial charge in [-0.15, -0.1) is 0 Å². The number of carbonyl (C=O) groups excluding carboxylic acids is 2. The summed E-state index contributed by atoms with van der Waals surface area (Å²) in [5.74, 6) is -1.14. The van der Waals surface area contributed by atoms with Gasteiger partial charge in [-0.25, -0.2) is 4.57 Å². The van der Waals surface area contributed by atoms with Crippen LogP contribution < -0.4 is 0 Å². The van der Waals surface area contributed by atoms with E-state index in [1.54, 1.807) is 0 Å². The molecule has 0 aliphatic heterocycles. The summed E-state index contributed by atoms with van der Waals surface area (Å²) in [6.07, 6.45) is -0.666. The summed E-state index contributed by atoms with van der Waals surface area (Å²) < 4.78 is 32.6. The number of esters is 2. The lowest BCUT2D eigenvalue weighted by Crippen LogP contribution is -2.64. The van der Waals surface area contributed by atoms with Gasteiger partial charge >= 0.3 is 19.8 Å². The van der Waals surface area contributed by atoms with Gasteiger partial charge in [0, 0.05) is 12.8 Å². The van der Waals surface area contributed by atoms with Gasteiger partial charge in [-0.1, -0.05) is 78.1 Å². The van der Waals surface area contributed by atoms with Crippen LogP contribution >= 0.6 is 7.82 Å². The second-order valence-corrected chi connectivity index (χ2v) is 12.0. The zero-order valence-corrected chi connectivity index (χ0v) is 25.2. The molecule has 41 heavy (non-hydrogen) atoms. The van der Waals surface area contributed by atoms with Crippen LogP contribution in [-0.4, -0.2) is 98.3 Å². The highest BCUT2D eigenvalue weighted by molar-refractivity contribution is 7.47. The SMILES string of the molecule is CCCCCCCCCCCCC(=O)OC(COC(=O)CCCC)COP(=O)(O)OC1C(O)C(O)C(O)C(O)C1O. The topological polar surface area (TPSA) is 210 Å². The highest BCUT2D eigenvalue weighted by Crippen LogP contribution is 2.47. The van der Waals surface area contributed by atoms with E-state index >= 15 is 0 Å². The number of phosphoric ester groups is 1. The van der Waals surface area contributed by atoms with E-state index in [1.165, 1.54) is 32.1 Å². The number of unbranched alkanes of at least 4 members (excludes halogenated alkanes) is 10. The quantitative estimate of drug-likeness (QED) is 0.0588. The number of phosphoric acid groups is 1. The van der Waals surface area contributed by atoms with Crippen LogP contribution in [0.1, 0.15) is 104 Å². The van der Waals surface area contributed by atoms with E-state index in [4.69, 9.17) is 18.5 Å². The van der Waals surface area contributed by atoms with Gasteiger partial charge in [-0.2, -0.15) is 0 Å². The number of rotatable bonds is 22. The highest BCUT2D eigenvalue weighted by Gasteiger charge is 2.51. The van der Waals surface area contributed by atoms with Crippen molar-refractivity contribution in [2.75, 3.05) is 13.2 Å². The van der Waals surface area contributed by atoms with Crippen molar-refractivity contribution in [2.24, 2.45) is 0 Å². The van der Waals surface area contributed by atoms with E-state index in [9.17, 15) is 44.6 Å². The van der Waals surface area contributed by atoms with Crippen molar-refractivity contribution in [3.05, 3.63) is 0 Å². The Kier molecular flexibility index (Phi) is 19.1. The normalized spacial score (nSPS) is 26.7. The molecule has 6 atom stereocenters. The second-order valence-electron chi connectivity index (χ2n) is 10.6. The Morgan fingerprint density at radius 1 is 0.659 bits per heavy atom. The maximum absolute atomic E-state index is 12.5. The second kappa shape index (κ2) is 20.7. The molecule has 0 radical (unpaired) electrons. The van der Waals surface area contributed by atoms with Crippen molar-refractivity contribution in [2.45, 2.75) is 146 Å². The van der Waals surface area contributed by atoms with Crippen LogP contribution in [0.2, 0.25) is 0 Å². The van der Waals surface area contributed by atoms with Crippen LogP contribution in [-0.2, 0) is 32.7 Å². The molecule has 0 aromatic heterocycles. The van der Waals surface area contributed by atoms with E-state index in [-0.39, 0.29) is 12.8 Å². The molecular formula is C27H51O13P. The van der Waals surface area contributed by atoms with Gasteiger partial charge in [-0.05, 0) is 12.8 Å². The minimum atomic E-state index is -5.07. The van der Waals surface area contributed by atoms with Crippen LogP contribution in [0.5, 0.6) is 0 Å². The van der Waals surface area contributed by atoms with Gasteiger partial charge in [0.05, 0.1) is 6.61 Å². The van der Waals surface area contributed by atoms with Crippen molar-refractivity contribution in [1.29, 1.82) is 0 Å². The molecule has 13 nitrogen and oxygen atoms in total. The minimum Gasteiger partial charge on any atom is -0.462 e. The van der Waals surface area contributed by atoms with Crippen molar-refractivity contribution in [1.82, 2.24) is 0 Å². The Bertz CT molecular complexity index is 766. The standard InChI is InChI=1S/C27H51O13P/c1-3-5-7-8-9-10-11-12-13-14-16-21(29)39-19(17-37-20(28)15-6-4-2)18-38-41(35,36)40-27-25(33)23(31)22(30)24(32)26(27)34/h19,22-27,30-34H,3-18H2,1-2H3,(H,35,36). The van der Waals surface area contributed by atoms with Crippen LogP contribution in [0.4, 0.5) is 0 Å². The number of hydrogen-bond acceptors (Lipinski definition) is 12. The first-order chi connectivity index (χ1) is 19.4. The van der Waals surface area contributed by atoms with Gasteiger partial charge in [0.2, 0.25) is 0 Å². The first-order valence-electron chi connectivity index (χ1n) is 14.8. The highest BCUT2D eigenvalue weighted by atomic mass is 31.2. The minimum absolute atomic E-state index is 0.0998. The fourth-order valence-electron chi connectivity index (χ4n) is 4.38. The molecule has 0 spiro atoms. The van der Waals surface area contributed by atoms with Crippen LogP contribution in [0, 0.1) is 0 Å². The molecule has 1 rings (SSSR count). The summed E-state index contributed by atoms with van der Waals surface area (Å²) in [5.41, 5.74) is 0. The lowest BCUT2D eigenvalue weighted by atomic mass is 9.85. The molecule has 0 saturated heterocycles. The van der Waals surface area contributed by atoms with Crippen molar-refractivity contribution >= 4 is 19.8 Å². The molecule has 6 N–H and O–H groups in total. The number of aliphatic hydroxyl groups excluding tert-OH is 5. The smallest absolute Gasteiger partial charge is 0.462 e. The molecule has 0 bridgehead atoms. The lowest BCUT2D eigenvalue weighted by Gasteiger charge is -2.41. The largest absolute Gasteiger partial charge is 0.472 e. The lowest BCUT2D eigenvalue weighted by molar-refractivity contribution is -0.220. The third-order valence-electron chi connectivity index (χ3n) is 6.95. The Morgan fingerprint density at radius 2 is 1.12 bits per heavy atom. The number of carbonyl (C=O) groups is 2. The van der Waals surface area contributed by atoms with Gasteiger partial charge in [-0.3, -0.25) is 18.6 Å². The fraction of sp³-hybridized carbons (Fsp3) is 0.926. The van der Waals surface area contributed by atoms with E-state index in [0.717, 1.165) is 32.1 Å². The van der Waals surface area contributed by atoms with Crippen LogP contribution in [0.25, 0.3) is 0 Å². The third-order valence-corrected chi connectivity index (χ3v) is 7.93. The molecule has 1 saturated carbocycles. The zero-order valence-electron chi connectivity index (χ0n) is 24.3. The maximum Gasteiger partial charge on any atom is 0.472 e.